The highest BCUT2D eigenvalue weighted by Crippen LogP contribution is 2.18. The Balaban J connectivity index is 2.18. The predicted octanol–water partition coefficient (Wildman–Crippen LogP) is 2.26. The fourth-order valence-corrected chi connectivity index (χ4v) is 1.60. The number of nitrogens with zero attached hydrogens (tertiary/aromatic N) is 1. The Hall–Kier alpha value is -1.62. The Morgan fingerprint density at radius 3 is 2.71 bits per heavy atom. The van der Waals surface area contributed by atoms with Gasteiger partial charge in [0.05, 0.1) is 5.69 Å². The van der Waals surface area contributed by atoms with Gasteiger partial charge in [0.2, 0.25) is 0 Å². The molecule has 0 aliphatic carbocycles. The van der Waals surface area contributed by atoms with Crippen LogP contribution in [0.3, 0.4) is 0 Å². The van der Waals surface area contributed by atoms with Crippen LogP contribution in [-0.2, 0) is 11.2 Å². The SMILES string of the molecule is O=C(CS)Cc1cc(-c2ccc(F)cc2)n[nH]1. The minimum atomic E-state index is -0.283. The molecule has 0 saturated heterocycles. The van der Waals surface area contributed by atoms with Crippen molar-refractivity contribution in [2.24, 2.45) is 0 Å². The fourth-order valence-electron chi connectivity index (χ4n) is 1.49. The average molecular weight is 250 g/mol. The molecule has 1 heterocycles. The molecule has 1 aromatic carbocycles. The number of aromatic amines is 1. The molecule has 1 aromatic heterocycles. The molecule has 88 valence electrons. The second-order valence-electron chi connectivity index (χ2n) is 3.66. The summed E-state index contributed by atoms with van der Waals surface area (Å²) >= 11 is 3.91. The number of hydrogen-bond acceptors (Lipinski definition) is 3. The monoisotopic (exact) mass is 250 g/mol. The first kappa shape index (κ1) is 11.9. The number of hydrogen-bond donors (Lipinski definition) is 2. The summed E-state index contributed by atoms with van der Waals surface area (Å²) in [4.78, 5) is 11.2. The van der Waals surface area contributed by atoms with Crippen molar-refractivity contribution in [3.8, 4) is 11.3 Å². The van der Waals surface area contributed by atoms with E-state index >= 15 is 0 Å². The van der Waals surface area contributed by atoms with E-state index in [-0.39, 0.29) is 23.8 Å². The topological polar surface area (TPSA) is 45.8 Å². The summed E-state index contributed by atoms with van der Waals surface area (Å²) < 4.78 is 12.7. The Morgan fingerprint density at radius 1 is 1.35 bits per heavy atom. The van der Waals surface area contributed by atoms with Crippen LogP contribution in [0.4, 0.5) is 4.39 Å². The molecule has 0 aliphatic rings. The van der Waals surface area contributed by atoms with E-state index in [0.29, 0.717) is 5.69 Å². The maximum absolute atomic E-state index is 12.7. The van der Waals surface area contributed by atoms with Crippen LogP contribution >= 0.6 is 12.6 Å². The Kier molecular flexibility index (Phi) is 3.58. The van der Waals surface area contributed by atoms with Gasteiger partial charge in [-0.2, -0.15) is 17.7 Å². The van der Waals surface area contributed by atoms with E-state index in [2.05, 4.69) is 22.8 Å². The molecule has 0 bridgehead atoms. The smallest absolute Gasteiger partial charge is 0.148 e. The van der Waals surface area contributed by atoms with Gasteiger partial charge in [-0.25, -0.2) is 4.39 Å². The Bertz CT molecular complexity index is 522. The maximum Gasteiger partial charge on any atom is 0.148 e. The van der Waals surface area contributed by atoms with Gasteiger partial charge in [0.1, 0.15) is 11.6 Å². The van der Waals surface area contributed by atoms with E-state index in [1.807, 2.05) is 0 Å². The maximum atomic E-state index is 12.7. The largest absolute Gasteiger partial charge is 0.298 e. The molecule has 2 rings (SSSR count). The van der Waals surface area contributed by atoms with Gasteiger partial charge < -0.3 is 0 Å². The number of ketones is 1. The highest BCUT2D eigenvalue weighted by molar-refractivity contribution is 7.81. The highest BCUT2D eigenvalue weighted by Gasteiger charge is 2.07. The first-order chi connectivity index (χ1) is 8.19. The normalized spacial score (nSPS) is 10.5. The predicted molar refractivity (Wildman–Crippen MR) is 66.5 cm³/mol. The van der Waals surface area contributed by atoms with Crippen LogP contribution in [0.25, 0.3) is 11.3 Å². The molecule has 3 nitrogen and oxygen atoms in total. The summed E-state index contributed by atoms with van der Waals surface area (Å²) in [6.07, 6.45) is 0.289. The first-order valence-electron chi connectivity index (χ1n) is 5.12. The average Bonchev–Trinajstić information content (AvgIpc) is 2.78. The molecule has 0 atom stereocenters. The molecule has 0 saturated carbocycles. The quantitative estimate of drug-likeness (QED) is 0.818. The zero-order valence-electron chi connectivity index (χ0n) is 8.98. The second kappa shape index (κ2) is 5.14. The zero-order chi connectivity index (χ0) is 12.3. The number of Topliss-reactive ketones (excluding diaryl/α,β-unsaturated/α-hetero) is 1. The lowest BCUT2D eigenvalue weighted by atomic mass is 10.1. The van der Waals surface area contributed by atoms with Crippen LogP contribution in [0.2, 0.25) is 0 Å². The molecule has 1 N–H and O–H groups in total. The molecule has 17 heavy (non-hydrogen) atoms. The third-order valence-electron chi connectivity index (χ3n) is 2.33. The van der Waals surface area contributed by atoms with Gasteiger partial charge >= 0.3 is 0 Å². The van der Waals surface area contributed by atoms with E-state index in [1.165, 1.54) is 12.1 Å². The Morgan fingerprint density at radius 2 is 2.06 bits per heavy atom. The fraction of sp³-hybridized carbons (Fsp3) is 0.167. The lowest BCUT2D eigenvalue weighted by Crippen LogP contribution is -2.03. The molecule has 0 aliphatic heterocycles. The summed E-state index contributed by atoms with van der Waals surface area (Å²) in [7, 11) is 0. The lowest BCUT2D eigenvalue weighted by molar-refractivity contribution is -0.116. The van der Waals surface area contributed by atoms with E-state index in [9.17, 15) is 9.18 Å². The van der Waals surface area contributed by atoms with Crippen molar-refractivity contribution in [2.75, 3.05) is 5.75 Å². The summed E-state index contributed by atoms with van der Waals surface area (Å²) in [6, 6.07) is 7.84. The van der Waals surface area contributed by atoms with Crippen LogP contribution in [0.15, 0.2) is 30.3 Å². The van der Waals surface area contributed by atoms with E-state index < -0.39 is 0 Å². The van der Waals surface area contributed by atoms with Crippen molar-refractivity contribution < 1.29 is 9.18 Å². The van der Waals surface area contributed by atoms with Gasteiger partial charge in [0.15, 0.2) is 0 Å². The van der Waals surface area contributed by atoms with E-state index in [1.54, 1.807) is 18.2 Å². The van der Waals surface area contributed by atoms with Crippen LogP contribution in [0.5, 0.6) is 0 Å². The lowest BCUT2D eigenvalue weighted by Gasteiger charge is -1.94. The molecule has 0 unspecified atom stereocenters. The molecule has 5 heteroatoms. The summed E-state index contributed by atoms with van der Waals surface area (Å²) in [5.41, 5.74) is 2.25. The molecular weight excluding hydrogens is 239 g/mol. The molecule has 0 radical (unpaired) electrons. The third kappa shape index (κ3) is 2.94. The van der Waals surface area contributed by atoms with Crippen molar-refractivity contribution in [1.29, 1.82) is 0 Å². The van der Waals surface area contributed by atoms with Crippen LogP contribution in [0.1, 0.15) is 5.69 Å². The van der Waals surface area contributed by atoms with Gasteiger partial charge in [0, 0.05) is 23.4 Å². The minimum Gasteiger partial charge on any atom is -0.298 e. The third-order valence-corrected chi connectivity index (χ3v) is 2.69. The number of nitrogens with one attached hydrogen (secondary N) is 1. The second-order valence-corrected chi connectivity index (χ2v) is 3.98. The molecular formula is C12H11FN2OS. The van der Waals surface area contributed by atoms with Gasteiger partial charge in [-0.05, 0) is 30.3 Å². The number of halogens is 1. The van der Waals surface area contributed by atoms with Crippen molar-refractivity contribution >= 4 is 18.4 Å². The number of aromatic nitrogens is 2. The van der Waals surface area contributed by atoms with Gasteiger partial charge in [-0.3, -0.25) is 9.89 Å². The number of benzene rings is 1. The van der Waals surface area contributed by atoms with Crippen LogP contribution < -0.4 is 0 Å². The minimum absolute atomic E-state index is 0.0302. The number of H-pyrrole nitrogens is 1. The van der Waals surface area contributed by atoms with Gasteiger partial charge in [0.25, 0.3) is 0 Å². The summed E-state index contributed by atoms with van der Waals surface area (Å²) in [5.74, 6) is -0.0392. The molecule has 0 fully saturated rings. The molecule has 0 amide bonds. The van der Waals surface area contributed by atoms with Crippen molar-refractivity contribution in [1.82, 2.24) is 10.2 Å². The number of carbonyl (C=O) groups is 1. The van der Waals surface area contributed by atoms with E-state index in [0.717, 1.165) is 11.3 Å². The first-order valence-corrected chi connectivity index (χ1v) is 5.75. The van der Waals surface area contributed by atoms with Crippen LogP contribution in [-0.4, -0.2) is 21.7 Å². The number of thiol groups is 1. The summed E-state index contributed by atoms with van der Waals surface area (Å²) in [6.45, 7) is 0. The van der Waals surface area contributed by atoms with Crippen molar-refractivity contribution in [3.63, 3.8) is 0 Å². The zero-order valence-corrected chi connectivity index (χ0v) is 9.88. The standard InChI is InChI=1S/C12H11FN2OS/c13-9-3-1-8(2-4-9)12-6-10(14-15-12)5-11(16)7-17/h1-4,6,17H,5,7H2,(H,14,15). The van der Waals surface area contributed by atoms with Gasteiger partial charge in [-0.1, -0.05) is 0 Å². The highest BCUT2D eigenvalue weighted by atomic mass is 32.1. The number of carbonyl (C=O) groups excluding carboxylic acids is 1. The molecule has 0 spiro atoms. The van der Waals surface area contributed by atoms with Crippen molar-refractivity contribution in [3.05, 3.63) is 41.8 Å². The van der Waals surface area contributed by atoms with Gasteiger partial charge in [-0.15, -0.1) is 0 Å². The summed E-state index contributed by atoms with van der Waals surface area (Å²) in [5, 5.41) is 6.86. The van der Waals surface area contributed by atoms with E-state index in [4.69, 9.17) is 0 Å². The molecule has 2 aromatic rings. The van der Waals surface area contributed by atoms with Crippen LogP contribution in [0, 0.1) is 5.82 Å². The van der Waals surface area contributed by atoms with Crippen molar-refractivity contribution in [2.45, 2.75) is 6.42 Å². The number of rotatable bonds is 4. The Labute approximate surface area is 103 Å².